The zero-order valence-corrected chi connectivity index (χ0v) is 20.2. The molecule has 1 N–H and O–H groups in total. The average molecular weight is 510 g/mol. The number of fused-ring (bicyclic) bond motifs is 1. The highest BCUT2D eigenvalue weighted by molar-refractivity contribution is 7.92. The third-order valence-electron chi connectivity index (χ3n) is 5.18. The molecule has 0 unspecified atom stereocenters. The molecule has 1 saturated carbocycles. The van der Waals surface area contributed by atoms with E-state index in [9.17, 15) is 13.7 Å². The molecule has 1 aliphatic carbocycles. The van der Waals surface area contributed by atoms with E-state index in [4.69, 9.17) is 21.1 Å². The smallest absolute Gasteiger partial charge is 0.230 e. The Morgan fingerprint density at radius 2 is 1.97 bits per heavy atom. The molecule has 11 heteroatoms. The van der Waals surface area contributed by atoms with Crippen molar-refractivity contribution in [2.75, 3.05) is 11.0 Å². The van der Waals surface area contributed by atoms with E-state index >= 15 is 0 Å². The molecule has 1 fully saturated rings. The quantitative estimate of drug-likeness (QED) is 0.365. The van der Waals surface area contributed by atoms with E-state index < -0.39 is 10.0 Å². The average Bonchev–Trinajstić information content (AvgIpc) is 3.53. The van der Waals surface area contributed by atoms with Gasteiger partial charge in [-0.3, -0.25) is 9.40 Å². The molecule has 0 spiro atoms. The van der Waals surface area contributed by atoms with Crippen LogP contribution >= 0.6 is 11.6 Å². The SMILES string of the molecule is CS(=O)(=O)Nc1cc2cn(Cc3ccc(Oc4cc(Cl)c(OC5CC5)c(C#N)c4)cc3)nc2cn1. The fraction of sp³-hybridized carbons (Fsp3) is 0.208. The summed E-state index contributed by atoms with van der Waals surface area (Å²) < 4.78 is 38.6. The summed E-state index contributed by atoms with van der Waals surface area (Å²) in [4.78, 5) is 4.08. The van der Waals surface area contributed by atoms with E-state index in [0.717, 1.165) is 30.0 Å². The van der Waals surface area contributed by atoms with Crippen molar-refractivity contribution in [3.63, 3.8) is 0 Å². The molecule has 1 aliphatic rings. The number of benzene rings is 2. The van der Waals surface area contributed by atoms with Crippen molar-refractivity contribution in [1.82, 2.24) is 14.8 Å². The van der Waals surface area contributed by atoms with Crippen LogP contribution in [-0.4, -0.2) is 35.5 Å². The van der Waals surface area contributed by atoms with Crippen LogP contribution in [0.3, 0.4) is 0 Å². The highest BCUT2D eigenvalue weighted by atomic mass is 35.5. The number of halogens is 1. The van der Waals surface area contributed by atoms with Crippen LogP contribution in [0, 0.1) is 11.3 Å². The van der Waals surface area contributed by atoms with Gasteiger partial charge in [0, 0.05) is 23.7 Å². The van der Waals surface area contributed by atoms with Crippen molar-refractivity contribution < 1.29 is 17.9 Å². The molecule has 35 heavy (non-hydrogen) atoms. The molecule has 2 aromatic heterocycles. The summed E-state index contributed by atoms with van der Waals surface area (Å²) in [6.07, 6.45) is 6.50. The van der Waals surface area contributed by atoms with Crippen LogP contribution < -0.4 is 14.2 Å². The van der Waals surface area contributed by atoms with Gasteiger partial charge in [-0.1, -0.05) is 23.7 Å². The number of pyridine rings is 1. The van der Waals surface area contributed by atoms with Gasteiger partial charge in [-0.2, -0.15) is 10.4 Å². The van der Waals surface area contributed by atoms with E-state index in [0.29, 0.717) is 39.9 Å². The summed E-state index contributed by atoms with van der Waals surface area (Å²) in [7, 11) is -3.41. The molecule has 0 atom stereocenters. The van der Waals surface area contributed by atoms with Crippen LogP contribution in [0.1, 0.15) is 24.0 Å². The number of nitriles is 1. The number of rotatable bonds is 8. The predicted octanol–water partition coefficient (Wildman–Crippen LogP) is 4.71. The van der Waals surface area contributed by atoms with Crippen LogP contribution in [0.25, 0.3) is 10.9 Å². The summed E-state index contributed by atoms with van der Waals surface area (Å²) >= 11 is 6.34. The topological polar surface area (TPSA) is 119 Å². The Kier molecular flexibility index (Phi) is 5.96. The highest BCUT2D eigenvalue weighted by Crippen LogP contribution is 2.38. The largest absolute Gasteiger partial charge is 0.487 e. The summed E-state index contributed by atoms with van der Waals surface area (Å²) in [5.74, 6) is 1.69. The van der Waals surface area contributed by atoms with E-state index in [2.05, 4.69) is 20.9 Å². The molecule has 0 radical (unpaired) electrons. The zero-order chi connectivity index (χ0) is 24.6. The molecule has 5 rings (SSSR count). The lowest BCUT2D eigenvalue weighted by Gasteiger charge is -2.12. The lowest BCUT2D eigenvalue weighted by atomic mass is 10.2. The third-order valence-corrected chi connectivity index (χ3v) is 6.04. The van der Waals surface area contributed by atoms with Crippen molar-refractivity contribution in [2.24, 2.45) is 0 Å². The minimum Gasteiger partial charge on any atom is -0.487 e. The van der Waals surface area contributed by atoms with Gasteiger partial charge in [-0.15, -0.1) is 0 Å². The van der Waals surface area contributed by atoms with Gasteiger partial charge >= 0.3 is 0 Å². The maximum atomic E-state index is 11.4. The van der Waals surface area contributed by atoms with E-state index in [-0.39, 0.29) is 11.9 Å². The van der Waals surface area contributed by atoms with Gasteiger partial charge < -0.3 is 9.47 Å². The van der Waals surface area contributed by atoms with E-state index in [1.165, 1.54) is 6.20 Å². The standard InChI is InChI=1S/C24H20ClN5O4S/c1-35(31,32)29-23-9-17-14-30(28-22(17)12-27-23)13-15-2-4-18(5-3-15)33-20-8-16(11-26)24(21(25)10-20)34-19-6-7-19/h2-5,8-10,12,14,19,29H,6-7,13H2,1H3. The molecule has 178 valence electrons. The third kappa shape index (κ3) is 5.65. The fourth-order valence-corrected chi connectivity index (χ4v) is 4.22. The second-order valence-corrected chi connectivity index (χ2v) is 10.4. The number of hydrogen-bond acceptors (Lipinski definition) is 7. The monoisotopic (exact) mass is 509 g/mol. The number of nitrogens with one attached hydrogen (secondary N) is 1. The Balaban J connectivity index is 1.28. The summed E-state index contributed by atoms with van der Waals surface area (Å²) in [6.45, 7) is 0.501. The van der Waals surface area contributed by atoms with Crippen LogP contribution in [0.5, 0.6) is 17.2 Å². The predicted molar refractivity (Wildman–Crippen MR) is 131 cm³/mol. The molecule has 9 nitrogen and oxygen atoms in total. The molecule has 0 bridgehead atoms. The first-order valence-electron chi connectivity index (χ1n) is 10.7. The molecule has 0 aliphatic heterocycles. The van der Waals surface area contributed by atoms with Gasteiger partial charge in [0.2, 0.25) is 10.0 Å². The molecule has 2 heterocycles. The number of nitrogens with zero attached hydrogens (tertiary/aromatic N) is 4. The Labute approximate surface area is 206 Å². The first-order chi connectivity index (χ1) is 16.8. The number of aromatic nitrogens is 3. The van der Waals surface area contributed by atoms with Gasteiger partial charge in [-0.25, -0.2) is 13.4 Å². The number of ether oxygens (including phenoxy) is 2. The fourth-order valence-electron chi connectivity index (χ4n) is 3.47. The molecule has 4 aromatic rings. The van der Waals surface area contributed by atoms with Crippen LogP contribution in [-0.2, 0) is 16.6 Å². The van der Waals surface area contributed by atoms with Gasteiger partial charge in [0.05, 0.1) is 35.7 Å². The van der Waals surface area contributed by atoms with Gasteiger partial charge in [0.25, 0.3) is 0 Å². The minimum absolute atomic E-state index is 0.133. The van der Waals surface area contributed by atoms with E-state index in [1.54, 1.807) is 22.9 Å². The Hall–Kier alpha value is -3.81. The Morgan fingerprint density at radius 1 is 1.20 bits per heavy atom. The Bertz CT molecular complexity index is 1560. The van der Waals surface area contributed by atoms with Crippen LogP contribution in [0.4, 0.5) is 5.82 Å². The lowest BCUT2D eigenvalue weighted by Crippen LogP contribution is -2.10. The molecule has 2 aromatic carbocycles. The zero-order valence-electron chi connectivity index (χ0n) is 18.6. The second kappa shape index (κ2) is 9.09. The maximum Gasteiger partial charge on any atom is 0.230 e. The van der Waals surface area contributed by atoms with Gasteiger partial charge in [0.1, 0.15) is 28.9 Å². The number of sulfonamides is 1. The van der Waals surface area contributed by atoms with Crippen molar-refractivity contribution in [3.05, 3.63) is 71.0 Å². The van der Waals surface area contributed by atoms with Crippen molar-refractivity contribution in [2.45, 2.75) is 25.5 Å². The summed E-state index contributed by atoms with van der Waals surface area (Å²) in [5.41, 5.74) is 1.98. The molecular formula is C24H20ClN5O4S. The first-order valence-corrected chi connectivity index (χ1v) is 13.0. The first kappa shape index (κ1) is 23.0. The summed E-state index contributed by atoms with van der Waals surface area (Å²) in [6, 6.07) is 14.5. The molecule has 0 amide bonds. The maximum absolute atomic E-state index is 11.4. The Morgan fingerprint density at radius 3 is 2.66 bits per heavy atom. The lowest BCUT2D eigenvalue weighted by molar-refractivity contribution is 0.302. The van der Waals surface area contributed by atoms with Gasteiger partial charge in [0.15, 0.2) is 5.75 Å². The summed E-state index contributed by atoms with van der Waals surface area (Å²) in [5, 5.41) is 15.1. The minimum atomic E-state index is -3.41. The number of hydrogen-bond donors (Lipinski definition) is 1. The normalized spacial score (nSPS) is 13.4. The van der Waals surface area contributed by atoms with Crippen molar-refractivity contribution in [3.8, 4) is 23.3 Å². The number of anilines is 1. The van der Waals surface area contributed by atoms with E-state index in [1.807, 2.05) is 30.5 Å². The molecule has 0 saturated heterocycles. The van der Waals surface area contributed by atoms with Gasteiger partial charge in [-0.05, 0) is 36.6 Å². The van der Waals surface area contributed by atoms with Crippen LogP contribution in [0.15, 0.2) is 54.9 Å². The second-order valence-electron chi connectivity index (χ2n) is 8.29. The van der Waals surface area contributed by atoms with Crippen LogP contribution in [0.2, 0.25) is 5.02 Å². The molecular weight excluding hydrogens is 490 g/mol. The highest BCUT2D eigenvalue weighted by Gasteiger charge is 2.26. The van der Waals surface area contributed by atoms with Crippen molar-refractivity contribution in [1.29, 1.82) is 5.26 Å². The van der Waals surface area contributed by atoms with Crippen molar-refractivity contribution >= 4 is 38.3 Å².